The number of para-hydroxylation sites is 1. The van der Waals surface area contributed by atoms with Crippen LogP contribution in [-0.2, 0) is 11.2 Å². The van der Waals surface area contributed by atoms with E-state index in [-0.39, 0.29) is 12.6 Å². The van der Waals surface area contributed by atoms with Crippen LogP contribution < -0.4 is 14.8 Å². The van der Waals surface area contributed by atoms with Crippen molar-refractivity contribution in [3.63, 3.8) is 0 Å². The number of amides is 1. The molecule has 0 saturated carbocycles. The Morgan fingerprint density at radius 1 is 1.00 bits per heavy atom. The molecule has 0 spiro atoms. The number of benzene rings is 3. The molecule has 1 aliphatic heterocycles. The van der Waals surface area contributed by atoms with Crippen LogP contribution >= 0.6 is 0 Å². The zero-order chi connectivity index (χ0) is 22.7. The van der Waals surface area contributed by atoms with Gasteiger partial charge in [-0.3, -0.25) is 9.69 Å². The molecule has 0 saturated heterocycles. The molecule has 1 unspecified atom stereocenters. The Bertz CT molecular complexity index is 1100. The predicted molar refractivity (Wildman–Crippen MR) is 118 cm³/mol. The first kappa shape index (κ1) is 21.8. The number of anilines is 1. The summed E-state index contributed by atoms with van der Waals surface area (Å²) >= 11 is 0. The molecule has 1 N–H and O–H groups in total. The number of nitrogens with zero attached hydrogens (tertiary/aromatic N) is 1. The Morgan fingerprint density at radius 2 is 1.66 bits per heavy atom. The van der Waals surface area contributed by atoms with E-state index < -0.39 is 23.2 Å². The second-order valence-corrected chi connectivity index (χ2v) is 7.58. The van der Waals surface area contributed by atoms with E-state index >= 15 is 0 Å². The van der Waals surface area contributed by atoms with Crippen molar-refractivity contribution in [3.8, 4) is 11.5 Å². The van der Waals surface area contributed by atoms with E-state index in [1.54, 1.807) is 14.2 Å². The number of carbonyl (C=O) groups excluding carboxylic acids is 1. The Kier molecular flexibility index (Phi) is 6.37. The van der Waals surface area contributed by atoms with Crippen LogP contribution in [0, 0.1) is 11.6 Å². The first-order valence-corrected chi connectivity index (χ1v) is 10.3. The molecule has 1 heterocycles. The summed E-state index contributed by atoms with van der Waals surface area (Å²) in [4.78, 5) is 14.8. The van der Waals surface area contributed by atoms with Gasteiger partial charge in [-0.2, -0.15) is 0 Å². The molecule has 166 valence electrons. The second-order valence-electron chi connectivity index (χ2n) is 7.58. The van der Waals surface area contributed by atoms with E-state index in [9.17, 15) is 13.6 Å². The molecule has 0 fully saturated rings. The molecular weight excluding hydrogens is 414 g/mol. The van der Waals surface area contributed by atoms with Gasteiger partial charge >= 0.3 is 0 Å². The van der Waals surface area contributed by atoms with Gasteiger partial charge in [-0.25, -0.2) is 8.78 Å². The van der Waals surface area contributed by atoms with E-state index in [4.69, 9.17) is 9.47 Å². The number of hydrogen-bond donors (Lipinski definition) is 1. The van der Waals surface area contributed by atoms with Crippen molar-refractivity contribution in [3.05, 3.63) is 89.0 Å². The fraction of sp³-hybridized carbons (Fsp3) is 0.240. The topological polar surface area (TPSA) is 50.8 Å². The first-order valence-electron chi connectivity index (χ1n) is 10.3. The summed E-state index contributed by atoms with van der Waals surface area (Å²) in [6, 6.07) is 17.0. The maximum absolute atomic E-state index is 14.0. The summed E-state index contributed by atoms with van der Waals surface area (Å²) in [6.45, 7) is 0.566. The molecule has 0 aromatic heterocycles. The fourth-order valence-corrected chi connectivity index (χ4v) is 4.17. The predicted octanol–water partition coefficient (Wildman–Crippen LogP) is 4.57. The van der Waals surface area contributed by atoms with Gasteiger partial charge in [0.1, 0.15) is 17.3 Å². The monoisotopic (exact) mass is 438 g/mol. The van der Waals surface area contributed by atoms with Crippen LogP contribution in [0.4, 0.5) is 14.5 Å². The van der Waals surface area contributed by atoms with Crippen LogP contribution in [-0.4, -0.2) is 38.1 Å². The molecule has 0 aliphatic carbocycles. The minimum Gasteiger partial charge on any atom is -0.493 e. The van der Waals surface area contributed by atoms with Crippen LogP contribution in [0.15, 0.2) is 60.7 Å². The Labute approximate surface area is 185 Å². The van der Waals surface area contributed by atoms with Gasteiger partial charge in [-0.1, -0.05) is 36.4 Å². The minimum absolute atomic E-state index is 0.0267. The average Bonchev–Trinajstić information content (AvgIpc) is 2.81. The van der Waals surface area contributed by atoms with E-state index in [1.165, 1.54) is 6.07 Å². The lowest BCUT2D eigenvalue weighted by Crippen LogP contribution is -2.41. The fourth-order valence-electron chi connectivity index (χ4n) is 4.17. The summed E-state index contributed by atoms with van der Waals surface area (Å²) in [5, 5.41) is 2.39. The van der Waals surface area contributed by atoms with Gasteiger partial charge in [-0.15, -0.1) is 0 Å². The quantitative estimate of drug-likeness (QED) is 0.613. The van der Waals surface area contributed by atoms with Crippen LogP contribution in [0.2, 0.25) is 0 Å². The summed E-state index contributed by atoms with van der Waals surface area (Å²) in [6.07, 6.45) is 0.695. The molecule has 0 bridgehead atoms. The van der Waals surface area contributed by atoms with Crippen molar-refractivity contribution in [1.29, 1.82) is 0 Å². The number of nitrogens with one attached hydrogen (secondary N) is 1. The number of halogens is 2. The van der Waals surface area contributed by atoms with Crippen molar-refractivity contribution >= 4 is 11.6 Å². The number of ether oxygens (including phenoxy) is 2. The maximum atomic E-state index is 14.0. The zero-order valence-corrected chi connectivity index (χ0v) is 17.9. The van der Waals surface area contributed by atoms with Crippen molar-refractivity contribution < 1.29 is 23.0 Å². The second kappa shape index (κ2) is 9.36. The summed E-state index contributed by atoms with van der Waals surface area (Å²) in [5.41, 5.74) is 2.68. The molecule has 3 aromatic rings. The molecule has 0 radical (unpaired) electrons. The Morgan fingerprint density at radius 3 is 2.31 bits per heavy atom. The highest BCUT2D eigenvalue weighted by Gasteiger charge is 2.31. The molecule has 32 heavy (non-hydrogen) atoms. The lowest BCUT2D eigenvalue weighted by atomic mass is 9.87. The van der Waals surface area contributed by atoms with E-state index in [0.29, 0.717) is 24.5 Å². The van der Waals surface area contributed by atoms with Crippen molar-refractivity contribution in [2.45, 2.75) is 12.5 Å². The highest BCUT2D eigenvalue weighted by Crippen LogP contribution is 2.40. The zero-order valence-electron chi connectivity index (χ0n) is 17.9. The smallest absolute Gasteiger partial charge is 0.238 e. The van der Waals surface area contributed by atoms with Crippen LogP contribution in [0.3, 0.4) is 0 Å². The van der Waals surface area contributed by atoms with Crippen molar-refractivity contribution in [2.24, 2.45) is 0 Å². The maximum Gasteiger partial charge on any atom is 0.238 e. The SMILES string of the molecule is COc1cc2c(cc1OC)C(c1ccccc1)N(CC(=O)Nc1c(F)cccc1F)CC2. The van der Waals surface area contributed by atoms with Gasteiger partial charge in [-0.05, 0) is 47.4 Å². The van der Waals surface area contributed by atoms with Crippen LogP contribution in [0.5, 0.6) is 11.5 Å². The third-order valence-electron chi connectivity index (χ3n) is 5.66. The highest BCUT2D eigenvalue weighted by molar-refractivity contribution is 5.92. The van der Waals surface area contributed by atoms with Gasteiger partial charge < -0.3 is 14.8 Å². The average molecular weight is 438 g/mol. The van der Waals surface area contributed by atoms with Crippen LogP contribution in [0.25, 0.3) is 0 Å². The summed E-state index contributed by atoms with van der Waals surface area (Å²) < 4.78 is 38.9. The molecule has 1 aliphatic rings. The lowest BCUT2D eigenvalue weighted by Gasteiger charge is -2.37. The van der Waals surface area contributed by atoms with E-state index in [2.05, 4.69) is 5.32 Å². The highest BCUT2D eigenvalue weighted by atomic mass is 19.1. The largest absolute Gasteiger partial charge is 0.493 e. The van der Waals surface area contributed by atoms with Gasteiger partial charge in [0.2, 0.25) is 5.91 Å². The molecule has 7 heteroatoms. The number of rotatable bonds is 6. The molecule has 3 aromatic carbocycles. The number of carbonyl (C=O) groups is 1. The Balaban J connectivity index is 1.67. The molecule has 1 amide bonds. The third kappa shape index (κ3) is 4.29. The lowest BCUT2D eigenvalue weighted by molar-refractivity contribution is -0.117. The van der Waals surface area contributed by atoms with Gasteiger partial charge in [0.15, 0.2) is 11.5 Å². The van der Waals surface area contributed by atoms with Crippen molar-refractivity contribution in [2.75, 3.05) is 32.6 Å². The standard InChI is InChI=1S/C25H24F2N2O3/c1-31-21-13-17-11-12-29(15-23(30)28-24-19(26)9-6-10-20(24)27)25(16-7-4-3-5-8-16)18(17)14-22(21)32-2/h3-10,13-14,25H,11-12,15H2,1-2H3,(H,28,30). The molecule has 1 atom stereocenters. The van der Waals surface area contributed by atoms with E-state index in [0.717, 1.165) is 28.8 Å². The van der Waals surface area contributed by atoms with Gasteiger partial charge in [0, 0.05) is 6.54 Å². The summed E-state index contributed by atoms with van der Waals surface area (Å²) in [7, 11) is 3.18. The van der Waals surface area contributed by atoms with Gasteiger partial charge in [0.05, 0.1) is 26.8 Å². The number of hydrogen-bond acceptors (Lipinski definition) is 4. The number of fused-ring (bicyclic) bond motifs is 1. The van der Waals surface area contributed by atoms with Crippen molar-refractivity contribution in [1.82, 2.24) is 4.90 Å². The molecule has 4 rings (SSSR count). The minimum atomic E-state index is -0.807. The molecular formula is C25H24F2N2O3. The summed E-state index contributed by atoms with van der Waals surface area (Å²) in [5.74, 6) is -0.845. The molecule has 5 nitrogen and oxygen atoms in total. The normalized spacial score (nSPS) is 15.7. The number of methoxy groups -OCH3 is 2. The van der Waals surface area contributed by atoms with Crippen LogP contribution in [0.1, 0.15) is 22.7 Å². The van der Waals surface area contributed by atoms with E-state index in [1.807, 2.05) is 47.4 Å². The third-order valence-corrected chi connectivity index (χ3v) is 5.66. The first-order chi connectivity index (χ1) is 15.5. The van der Waals surface area contributed by atoms with Gasteiger partial charge in [0.25, 0.3) is 0 Å². The Hall–Kier alpha value is -3.45.